The molecule has 0 unspecified atom stereocenters. The fourth-order valence-electron chi connectivity index (χ4n) is 5.22. The number of carbonyl (C=O) groups excluding carboxylic acids is 1. The molecule has 6 nitrogen and oxygen atoms in total. The summed E-state index contributed by atoms with van der Waals surface area (Å²) in [4.78, 5) is 25.6. The molecule has 3 aliphatic rings. The minimum atomic E-state index is -1.90. The lowest BCUT2D eigenvalue weighted by atomic mass is 9.69. The average molecular weight is 548 g/mol. The van der Waals surface area contributed by atoms with E-state index in [2.05, 4.69) is 62.4 Å². The van der Waals surface area contributed by atoms with Crippen LogP contribution in [0.1, 0.15) is 81.3 Å². The van der Waals surface area contributed by atoms with E-state index >= 15 is 0 Å². The molecule has 0 atom stereocenters. The standard InChI is InChI=1S/C32H41NO5Si/c1-7-36-30(35)26-20-33-27(18-28(26)34)25-16-23(10-8-15-38-39(5,6)31(2,3)4)29(37-21-22-11-12-22)17-24(25)19-32(33)13-9-14-32/h16-18,20,22H,7,9,11-15,19,21H2,1-6H3. The molecule has 2 heterocycles. The predicted octanol–water partition coefficient (Wildman–Crippen LogP) is 6.29. The fourth-order valence-corrected chi connectivity index (χ4v) is 6.08. The lowest BCUT2D eigenvalue weighted by molar-refractivity contribution is 0.0521. The van der Waals surface area contributed by atoms with Gasteiger partial charge in [0.15, 0.2) is 13.7 Å². The van der Waals surface area contributed by atoms with Crippen LogP contribution in [0, 0.1) is 17.8 Å². The van der Waals surface area contributed by atoms with Crippen LogP contribution in [0.4, 0.5) is 0 Å². The zero-order valence-electron chi connectivity index (χ0n) is 24.2. The number of benzene rings is 1. The van der Waals surface area contributed by atoms with E-state index in [1.807, 2.05) is 0 Å². The average Bonchev–Trinajstić information content (AvgIpc) is 3.67. The third kappa shape index (κ3) is 5.46. The van der Waals surface area contributed by atoms with E-state index in [1.54, 1.807) is 19.2 Å². The number of fused-ring (bicyclic) bond motifs is 4. The van der Waals surface area contributed by atoms with Gasteiger partial charge in [-0.25, -0.2) is 4.79 Å². The molecule has 2 saturated carbocycles. The van der Waals surface area contributed by atoms with Crippen molar-refractivity contribution in [3.63, 3.8) is 0 Å². The second-order valence-electron chi connectivity index (χ2n) is 12.9. The number of esters is 1. The molecule has 0 saturated heterocycles. The highest BCUT2D eigenvalue weighted by Gasteiger charge is 2.44. The summed E-state index contributed by atoms with van der Waals surface area (Å²) < 4.78 is 20.0. The molecular weight excluding hydrogens is 506 g/mol. The molecule has 0 bridgehead atoms. The fraction of sp³-hybridized carbons (Fsp3) is 0.562. The molecule has 2 fully saturated rings. The summed E-state index contributed by atoms with van der Waals surface area (Å²) in [6.07, 6.45) is 8.14. The van der Waals surface area contributed by atoms with Gasteiger partial charge in [0.25, 0.3) is 0 Å². The van der Waals surface area contributed by atoms with Crippen LogP contribution in [-0.2, 0) is 21.1 Å². The smallest absolute Gasteiger partial charge is 0.343 e. The zero-order chi connectivity index (χ0) is 28.0. The number of rotatable bonds is 7. The van der Waals surface area contributed by atoms with Crippen molar-refractivity contribution < 1.29 is 18.7 Å². The van der Waals surface area contributed by atoms with Gasteiger partial charge in [-0.15, -0.1) is 0 Å². The van der Waals surface area contributed by atoms with Crippen LogP contribution in [0.15, 0.2) is 29.2 Å². The lowest BCUT2D eigenvalue weighted by Crippen LogP contribution is -2.46. The molecule has 5 rings (SSSR count). The summed E-state index contributed by atoms with van der Waals surface area (Å²) in [5.41, 5.74) is 3.46. The van der Waals surface area contributed by atoms with E-state index in [0.29, 0.717) is 19.1 Å². The Balaban J connectivity index is 1.54. The second kappa shape index (κ2) is 10.3. The number of pyridine rings is 1. The van der Waals surface area contributed by atoms with Crippen molar-refractivity contribution in [2.75, 3.05) is 19.8 Å². The third-order valence-electron chi connectivity index (χ3n) is 9.05. The molecule has 1 aromatic carbocycles. The minimum absolute atomic E-state index is 0.0995. The van der Waals surface area contributed by atoms with E-state index in [0.717, 1.165) is 48.3 Å². The van der Waals surface area contributed by atoms with Gasteiger partial charge in [0.2, 0.25) is 0 Å². The Labute approximate surface area is 233 Å². The molecule has 0 radical (unpaired) electrons. The van der Waals surface area contributed by atoms with Crippen LogP contribution in [0.5, 0.6) is 5.75 Å². The van der Waals surface area contributed by atoms with Crippen LogP contribution >= 0.6 is 0 Å². The van der Waals surface area contributed by atoms with Gasteiger partial charge >= 0.3 is 5.97 Å². The molecular formula is C32H41NO5Si. The predicted molar refractivity (Wildman–Crippen MR) is 156 cm³/mol. The monoisotopic (exact) mass is 547 g/mol. The van der Waals surface area contributed by atoms with Crippen LogP contribution in [0.3, 0.4) is 0 Å². The van der Waals surface area contributed by atoms with Crippen LogP contribution in [0.2, 0.25) is 18.1 Å². The van der Waals surface area contributed by atoms with Gasteiger partial charge in [-0.3, -0.25) is 4.79 Å². The highest BCUT2D eigenvalue weighted by atomic mass is 28.4. The molecule has 0 amide bonds. The van der Waals surface area contributed by atoms with E-state index in [4.69, 9.17) is 13.9 Å². The van der Waals surface area contributed by atoms with Crippen molar-refractivity contribution in [2.45, 2.75) is 89.9 Å². The van der Waals surface area contributed by atoms with Crippen LogP contribution in [0.25, 0.3) is 11.3 Å². The van der Waals surface area contributed by atoms with Crippen molar-refractivity contribution >= 4 is 14.3 Å². The maximum Gasteiger partial charge on any atom is 0.343 e. The van der Waals surface area contributed by atoms with Crippen molar-refractivity contribution in [3.05, 3.63) is 51.3 Å². The summed E-state index contributed by atoms with van der Waals surface area (Å²) in [7, 11) is -1.90. The summed E-state index contributed by atoms with van der Waals surface area (Å²) in [6, 6.07) is 5.81. The Morgan fingerprint density at radius 3 is 2.54 bits per heavy atom. The quantitative estimate of drug-likeness (QED) is 0.232. The second-order valence-corrected chi connectivity index (χ2v) is 17.7. The van der Waals surface area contributed by atoms with Crippen LogP contribution < -0.4 is 10.2 Å². The van der Waals surface area contributed by atoms with Crippen molar-refractivity contribution in [2.24, 2.45) is 5.92 Å². The number of aromatic nitrogens is 1. The van der Waals surface area contributed by atoms with Gasteiger partial charge in [-0.1, -0.05) is 32.6 Å². The minimum Gasteiger partial charge on any atom is -0.492 e. The first-order valence-electron chi connectivity index (χ1n) is 14.3. The maximum atomic E-state index is 13.1. The third-order valence-corrected chi connectivity index (χ3v) is 13.5. The normalized spacial score (nSPS) is 17.4. The maximum absolute atomic E-state index is 13.1. The van der Waals surface area contributed by atoms with Gasteiger partial charge < -0.3 is 18.5 Å². The van der Waals surface area contributed by atoms with Gasteiger partial charge in [0.05, 0.1) is 31.1 Å². The molecule has 1 aromatic heterocycles. The van der Waals surface area contributed by atoms with Crippen LogP contribution in [-0.4, -0.2) is 38.7 Å². The first-order valence-corrected chi connectivity index (χ1v) is 17.2. The first kappa shape index (κ1) is 27.7. The Bertz CT molecular complexity index is 1400. The topological polar surface area (TPSA) is 66.8 Å². The summed E-state index contributed by atoms with van der Waals surface area (Å²) in [5.74, 6) is 7.46. The van der Waals surface area contributed by atoms with E-state index in [-0.39, 0.29) is 28.2 Å². The Morgan fingerprint density at radius 2 is 1.92 bits per heavy atom. The van der Waals surface area contributed by atoms with Crippen molar-refractivity contribution in [1.29, 1.82) is 0 Å². The number of carbonyl (C=O) groups is 1. The van der Waals surface area contributed by atoms with Crippen molar-refractivity contribution in [1.82, 2.24) is 4.57 Å². The Morgan fingerprint density at radius 1 is 1.18 bits per heavy atom. The van der Waals surface area contributed by atoms with Crippen molar-refractivity contribution in [3.8, 4) is 28.8 Å². The van der Waals surface area contributed by atoms with Gasteiger partial charge in [-0.2, -0.15) is 0 Å². The number of hydrogen-bond donors (Lipinski definition) is 0. The van der Waals surface area contributed by atoms with Gasteiger partial charge in [0, 0.05) is 23.4 Å². The molecule has 208 valence electrons. The highest BCUT2D eigenvalue weighted by molar-refractivity contribution is 6.74. The Kier molecular flexibility index (Phi) is 7.32. The summed E-state index contributed by atoms with van der Waals surface area (Å²) in [6.45, 7) is 14.2. The largest absolute Gasteiger partial charge is 0.492 e. The number of nitrogens with zero attached hydrogens (tertiary/aromatic N) is 1. The SMILES string of the molecule is CCOC(=O)c1cn2c(cc1=O)-c1cc(C#CCO[Si](C)(C)C(C)(C)C)c(OCC3CC3)cc1CC21CCC1. The molecule has 1 aliphatic heterocycles. The summed E-state index contributed by atoms with van der Waals surface area (Å²) in [5, 5.41) is 0.121. The molecule has 7 heteroatoms. The molecule has 2 aliphatic carbocycles. The Hall–Kier alpha value is -2.82. The molecule has 0 N–H and O–H groups in total. The highest BCUT2D eigenvalue weighted by Crippen LogP contribution is 2.49. The van der Waals surface area contributed by atoms with E-state index in [1.165, 1.54) is 18.4 Å². The van der Waals surface area contributed by atoms with Gasteiger partial charge in [-0.05, 0) is 87.2 Å². The zero-order valence-corrected chi connectivity index (χ0v) is 25.2. The summed E-state index contributed by atoms with van der Waals surface area (Å²) >= 11 is 0. The van der Waals surface area contributed by atoms with E-state index < -0.39 is 14.3 Å². The van der Waals surface area contributed by atoms with E-state index in [9.17, 15) is 9.59 Å². The molecule has 1 spiro atoms. The first-order chi connectivity index (χ1) is 18.4. The van der Waals surface area contributed by atoms with Gasteiger partial charge in [0.1, 0.15) is 11.3 Å². The number of ether oxygens (including phenoxy) is 2. The molecule has 2 aromatic rings. The number of hydrogen-bond acceptors (Lipinski definition) is 5. The lowest BCUT2D eigenvalue weighted by Gasteiger charge is -2.48. The molecule has 39 heavy (non-hydrogen) atoms.